The lowest BCUT2D eigenvalue weighted by Crippen LogP contribution is -1.90. The molecule has 0 aliphatic heterocycles. The van der Waals surface area contributed by atoms with Gasteiger partial charge in [0.25, 0.3) is 3.90 Å². The van der Waals surface area contributed by atoms with Crippen LogP contribution in [0, 0.1) is 3.90 Å². The molecule has 0 spiro atoms. The molecule has 0 saturated heterocycles. The van der Waals surface area contributed by atoms with Crippen LogP contribution in [-0.2, 0) is 0 Å². The van der Waals surface area contributed by atoms with Crippen molar-refractivity contribution in [1.29, 1.82) is 0 Å². The Labute approximate surface area is 74.2 Å². The maximum absolute atomic E-state index is 5.06. The average molecular weight is 251 g/mol. The third kappa shape index (κ3) is 1.71. The molecular weight excluding hydrogens is 241 g/mol. The van der Waals surface area contributed by atoms with Crippen molar-refractivity contribution in [2.24, 2.45) is 0 Å². The molecule has 0 aliphatic rings. The van der Waals surface area contributed by atoms with Crippen LogP contribution in [0.2, 0.25) is 0 Å². The van der Waals surface area contributed by atoms with Crippen LogP contribution in [-0.4, -0.2) is 4.98 Å². The van der Waals surface area contributed by atoms with Crippen molar-refractivity contribution in [3.05, 3.63) is 15.9 Å². The van der Waals surface area contributed by atoms with Gasteiger partial charge in [0.05, 0.1) is 5.69 Å². The van der Waals surface area contributed by atoms with Crippen molar-refractivity contribution in [3.8, 4) is 0 Å². The Morgan fingerprint density at radius 1 is 1.80 bits per heavy atom. The maximum atomic E-state index is 5.06. The first kappa shape index (κ1) is 8.04. The van der Waals surface area contributed by atoms with Crippen LogP contribution in [0.5, 0.6) is 0 Å². The van der Waals surface area contributed by atoms with Crippen LogP contribution in [0.1, 0.15) is 31.9 Å². The summed E-state index contributed by atoms with van der Waals surface area (Å²) in [7, 11) is 0. The molecule has 1 heterocycles. The Hall–Kier alpha value is -0.0600. The van der Waals surface area contributed by atoms with Gasteiger partial charge in [0.1, 0.15) is 6.26 Å². The molecule has 1 rings (SSSR count). The van der Waals surface area contributed by atoms with Gasteiger partial charge in [-0.25, -0.2) is 4.98 Å². The lowest BCUT2D eigenvalue weighted by molar-refractivity contribution is 0.523. The summed E-state index contributed by atoms with van der Waals surface area (Å²) in [5.41, 5.74) is 1.06. The molecule has 3 heteroatoms. The minimum Gasteiger partial charge on any atom is -0.440 e. The fourth-order valence-electron chi connectivity index (χ4n) is 0.699. The second kappa shape index (κ2) is 3.37. The quantitative estimate of drug-likeness (QED) is 0.755. The Morgan fingerprint density at radius 3 is 2.90 bits per heavy atom. The monoisotopic (exact) mass is 251 g/mol. The minimum atomic E-state index is 0.521. The summed E-state index contributed by atoms with van der Waals surface area (Å²) in [5, 5.41) is 0. The van der Waals surface area contributed by atoms with Crippen LogP contribution in [0.3, 0.4) is 0 Å². The molecule has 0 amide bonds. The normalized spacial score (nSPS) is 13.5. The molecule has 1 aromatic heterocycles. The molecule has 0 aliphatic carbocycles. The zero-order valence-corrected chi connectivity index (χ0v) is 8.25. The number of rotatable bonds is 2. The minimum absolute atomic E-state index is 0.521. The second-order valence-corrected chi connectivity index (χ2v) is 3.26. The Morgan fingerprint density at radius 2 is 2.50 bits per heavy atom. The molecule has 2 nitrogen and oxygen atoms in total. The molecule has 0 N–H and O–H groups in total. The van der Waals surface area contributed by atoms with E-state index >= 15 is 0 Å². The van der Waals surface area contributed by atoms with E-state index in [4.69, 9.17) is 4.42 Å². The standard InChI is InChI=1S/C7H10INO/c1-3-5(2)6-4-10-7(8)9-6/h4-5H,3H2,1-2H3. The average Bonchev–Trinajstić information content (AvgIpc) is 2.34. The van der Waals surface area contributed by atoms with E-state index in [0.29, 0.717) is 5.92 Å². The van der Waals surface area contributed by atoms with Gasteiger partial charge in [-0.15, -0.1) is 0 Å². The third-order valence-electron chi connectivity index (χ3n) is 1.61. The van der Waals surface area contributed by atoms with Gasteiger partial charge in [-0.3, -0.25) is 0 Å². The summed E-state index contributed by atoms with van der Waals surface area (Å²) >= 11 is 2.07. The molecule has 0 radical (unpaired) electrons. The summed E-state index contributed by atoms with van der Waals surface area (Å²) in [6, 6.07) is 0. The van der Waals surface area contributed by atoms with E-state index in [0.717, 1.165) is 16.0 Å². The molecular formula is C7H10INO. The lowest BCUT2D eigenvalue weighted by Gasteiger charge is -2.00. The van der Waals surface area contributed by atoms with Crippen molar-refractivity contribution < 1.29 is 4.42 Å². The van der Waals surface area contributed by atoms with E-state index in [1.165, 1.54) is 0 Å². The van der Waals surface area contributed by atoms with E-state index < -0.39 is 0 Å². The summed E-state index contributed by atoms with van der Waals surface area (Å²) < 4.78 is 5.79. The first-order valence-electron chi connectivity index (χ1n) is 3.35. The van der Waals surface area contributed by atoms with Crippen LogP contribution < -0.4 is 0 Å². The van der Waals surface area contributed by atoms with Crippen LogP contribution in [0.4, 0.5) is 0 Å². The molecule has 0 fully saturated rings. The van der Waals surface area contributed by atoms with Crippen molar-refractivity contribution in [2.45, 2.75) is 26.2 Å². The molecule has 0 aromatic carbocycles. The first-order valence-corrected chi connectivity index (χ1v) is 4.42. The summed E-state index contributed by atoms with van der Waals surface area (Å²) in [6.07, 6.45) is 2.85. The highest BCUT2D eigenvalue weighted by molar-refractivity contribution is 14.1. The summed E-state index contributed by atoms with van der Waals surface area (Å²) in [4.78, 5) is 4.20. The van der Waals surface area contributed by atoms with E-state index in [1.807, 2.05) is 0 Å². The fraction of sp³-hybridized carbons (Fsp3) is 0.571. The Bertz CT molecular complexity index is 209. The Balaban J connectivity index is 2.74. The number of hydrogen-bond acceptors (Lipinski definition) is 2. The number of nitrogens with zero attached hydrogens (tertiary/aromatic N) is 1. The molecule has 1 atom stereocenters. The van der Waals surface area contributed by atoms with Gasteiger partial charge < -0.3 is 4.42 Å². The zero-order valence-electron chi connectivity index (χ0n) is 6.10. The predicted octanol–water partition coefficient (Wildman–Crippen LogP) is 2.79. The van der Waals surface area contributed by atoms with E-state index in [-0.39, 0.29) is 0 Å². The van der Waals surface area contributed by atoms with Crippen molar-refractivity contribution >= 4 is 22.6 Å². The third-order valence-corrected chi connectivity index (χ3v) is 2.11. The van der Waals surface area contributed by atoms with Crippen molar-refractivity contribution in [2.75, 3.05) is 0 Å². The number of aromatic nitrogens is 1. The highest BCUT2D eigenvalue weighted by Crippen LogP contribution is 2.17. The van der Waals surface area contributed by atoms with Crippen LogP contribution in [0.15, 0.2) is 10.7 Å². The molecule has 1 unspecified atom stereocenters. The highest BCUT2D eigenvalue weighted by Gasteiger charge is 2.06. The topological polar surface area (TPSA) is 26.0 Å². The molecule has 56 valence electrons. The van der Waals surface area contributed by atoms with Crippen molar-refractivity contribution in [1.82, 2.24) is 4.98 Å². The van der Waals surface area contributed by atoms with Gasteiger partial charge in [-0.1, -0.05) is 13.8 Å². The van der Waals surface area contributed by atoms with Gasteiger partial charge in [0.15, 0.2) is 0 Å². The van der Waals surface area contributed by atoms with Gasteiger partial charge in [0, 0.05) is 28.5 Å². The maximum Gasteiger partial charge on any atom is 0.257 e. The SMILES string of the molecule is CCC(C)c1coc(I)n1. The molecule has 1 aromatic rings. The molecule has 10 heavy (non-hydrogen) atoms. The summed E-state index contributed by atoms with van der Waals surface area (Å²) in [5.74, 6) is 0.521. The first-order chi connectivity index (χ1) is 4.74. The fourth-order valence-corrected chi connectivity index (χ4v) is 1.10. The largest absolute Gasteiger partial charge is 0.440 e. The zero-order chi connectivity index (χ0) is 7.56. The van der Waals surface area contributed by atoms with Gasteiger partial charge in [-0.2, -0.15) is 0 Å². The van der Waals surface area contributed by atoms with E-state index in [1.54, 1.807) is 6.26 Å². The second-order valence-electron chi connectivity index (χ2n) is 2.33. The predicted molar refractivity (Wildman–Crippen MR) is 47.9 cm³/mol. The number of hydrogen-bond donors (Lipinski definition) is 0. The van der Waals surface area contributed by atoms with Crippen molar-refractivity contribution in [3.63, 3.8) is 0 Å². The smallest absolute Gasteiger partial charge is 0.257 e. The number of oxazole rings is 1. The van der Waals surface area contributed by atoms with Crippen LogP contribution in [0.25, 0.3) is 0 Å². The van der Waals surface area contributed by atoms with E-state index in [2.05, 4.69) is 41.4 Å². The molecule has 0 saturated carbocycles. The highest BCUT2D eigenvalue weighted by atomic mass is 127. The molecule has 0 bridgehead atoms. The van der Waals surface area contributed by atoms with Gasteiger partial charge in [0.2, 0.25) is 0 Å². The van der Waals surface area contributed by atoms with Gasteiger partial charge in [-0.05, 0) is 6.42 Å². The summed E-state index contributed by atoms with van der Waals surface area (Å²) in [6.45, 7) is 4.29. The lowest BCUT2D eigenvalue weighted by atomic mass is 10.1. The van der Waals surface area contributed by atoms with Gasteiger partial charge >= 0.3 is 0 Å². The van der Waals surface area contributed by atoms with E-state index in [9.17, 15) is 0 Å². The van der Waals surface area contributed by atoms with Crippen LogP contribution >= 0.6 is 22.6 Å². The number of halogens is 1. The Kier molecular flexibility index (Phi) is 2.71.